The van der Waals surface area contributed by atoms with Gasteiger partial charge in [0.2, 0.25) is 11.6 Å². The normalized spacial score (nSPS) is 44.8. The van der Waals surface area contributed by atoms with E-state index in [4.69, 9.17) is 23.7 Å². The van der Waals surface area contributed by atoms with Gasteiger partial charge >= 0.3 is 5.97 Å². The fourth-order valence-corrected chi connectivity index (χ4v) is 10.4. The number of aliphatic carboxylic acids is 1. The number of carboxylic acids is 1. The predicted octanol–water partition coefficient (Wildman–Crippen LogP) is 6.40. The summed E-state index contributed by atoms with van der Waals surface area (Å²) in [7, 11) is 0. The van der Waals surface area contributed by atoms with Crippen LogP contribution >= 0.6 is 0 Å². The molecule has 5 aliphatic heterocycles. The van der Waals surface area contributed by atoms with Crippen molar-refractivity contribution in [3.8, 4) is 0 Å². The Morgan fingerprint density at radius 3 is 2.19 bits per heavy atom. The van der Waals surface area contributed by atoms with Crippen LogP contribution in [0.4, 0.5) is 0 Å². The van der Waals surface area contributed by atoms with Gasteiger partial charge in [0.05, 0.1) is 53.7 Å². The van der Waals surface area contributed by atoms with Crippen molar-refractivity contribution >= 4 is 17.5 Å². The maximum absolute atomic E-state index is 14.4. The third-order valence-corrected chi connectivity index (χ3v) is 14.3. The van der Waals surface area contributed by atoms with Crippen LogP contribution in [-0.4, -0.2) is 92.3 Å². The van der Waals surface area contributed by atoms with E-state index in [-0.39, 0.29) is 47.6 Å². The third-order valence-electron chi connectivity index (χ3n) is 14.3. The summed E-state index contributed by atoms with van der Waals surface area (Å²) in [6.45, 7) is 19.4. The zero-order chi connectivity index (χ0) is 39.3. The quantitative estimate of drug-likeness (QED) is 0.203. The molecule has 302 valence electrons. The second-order valence-electron chi connectivity index (χ2n) is 17.8. The molecule has 0 aromatic rings. The summed E-state index contributed by atoms with van der Waals surface area (Å²) in [5.41, 5.74) is -1.71. The molecule has 4 saturated heterocycles. The highest BCUT2D eigenvalue weighted by Gasteiger charge is 2.63. The highest BCUT2D eigenvalue weighted by atomic mass is 16.8. The Morgan fingerprint density at radius 2 is 1.58 bits per heavy atom. The minimum atomic E-state index is -1.56. The number of hydrogen-bond acceptors (Lipinski definition) is 10. The van der Waals surface area contributed by atoms with Gasteiger partial charge in [0, 0.05) is 30.1 Å². The summed E-state index contributed by atoms with van der Waals surface area (Å²) < 4.78 is 33.2. The first-order valence-corrected chi connectivity index (χ1v) is 20.6. The monoisotopic (exact) mass is 748 g/mol. The van der Waals surface area contributed by atoms with Crippen LogP contribution in [0.25, 0.3) is 0 Å². The van der Waals surface area contributed by atoms with Crippen LogP contribution in [0.2, 0.25) is 0 Å². The molecule has 0 bridgehead atoms. The molecule has 11 nitrogen and oxygen atoms in total. The highest BCUT2D eigenvalue weighted by molar-refractivity contribution is 5.97. The van der Waals surface area contributed by atoms with Gasteiger partial charge in [-0.3, -0.25) is 14.4 Å². The van der Waals surface area contributed by atoms with Gasteiger partial charge in [-0.05, 0) is 95.6 Å². The molecule has 0 aromatic carbocycles. The number of ether oxygens (including phenoxy) is 5. The molecule has 0 saturated carbocycles. The summed E-state index contributed by atoms with van der Waals surface area (Å²) in [6.07, 6.45) is 5.84. The molecule has 0 amide bonds. The van der Waals surface area contributed by atoms with Crippen molar-refractivity contribution < 1.29 is 53.4 Å². The second-order valence-corrected chi connectivity index (χ2v) is 17.8. The van der Waals surface area contributed by atoms with Gasteiger partial charge < -0.3 is 39.0 Å². The molecule has 4 fully saturated rings. The summed E-state index contributed by atoms with van der Waals surface area (Å²) in [5, 5.41) is 32.5. The maximum atomic E-state index is 14.4. The summed E-state index contributed by atoms with van der Waals surface area (Å²) in [5.74, 6) is -6.46. The number of ketones is 2. The van der Waals surface area contributed by atoms with E-state index in [1.807, 2.05) is 48.5 Å². The minimum Gasteiger partial charge on any atom is -0.481 e. The number of carbonyl (C=O) groups is 3. The Balaban J connectivity index is 1.31. The first-order chi connectivity index (χ1) is 24.8. The van der Waals surface area contributed by atoms with Crippen LogP contribution < -0.4 is 0 Å². The second kappa shape index (κ2) is 16.0. The molecule has 5 aliphatic rings. The Labute approximate surface area is 316 Å². The Hall–Kier alpha value is -1.73. The fraction of sp³-hybridized carbons (Fsp3) is 0.881. The number of aliphatic hydroxyl groups is 2. The van der Waals surface area contributed by atoms with E-state index in [0.717, 1.165) is 6.42 Å². The third kappa shape index (κ3) is 7.83. The molecule has 2 spiro atoms. The molecule has 1 unspecified atom stereocenters. The number of carbonyl (C=O) groups excluding carboxylic acids is 2. The van der Waals surface area contributed by atoms with Crippen LogP contribution in [-0.2, 0) is 38.1 Å². The summed E-state index contributed by atoms with van der Waals surface area (Å²) in [4.78, 5) is 40.0. The first kappa shape index (κ1) is 42.4. The molecule has 0 aromatic heterocycles. The molecule has 5 rings (SSSR count). The van der Waals surface area contributed by atoms with Gasteiger partial charge in [-0.25, -0.2) is 0 Å². The lowest BCUT2D eigenvalue weighted by atomic mass is 9.72. The highest BCUT2D eigenvalue weighted by Crippen LogP contribution is 2.53. The predicted molar refractivity (Wildman–Crippen MR) is 198 cm³/mol. The van der Waals surface area contributed by atoms with Gasteiger partial charge in [0.25, 0.3) is 0 Å². The van der Waals surface area contributed by atoms with E-state index in [9.17, 15) is 29.7 Å². The van der Waals surface area contributed by atoms with E-state index in [0.29, 0.717) is 57.8 Å². The molecule has 0 aliphatic carbocycles. The van der Waals surface area contributed by atoms with Gasteiger partial charge in [0.15, 0.2) is 5.79 Å². The van der Waals surface area contributed by atoms with E-state index >= 15 is 0 Å². The van der Waals surface area contributed by atoms with E-state index in [1.54, 1.807) is 13.0 Å². The lowest BCUT2D eigenvalue weighted by molar-refractivity contribution is -0.378. The van der Waals surface area contributed by atoms with Gasteiger partial charge in [-0.15, -0.1) is 0 Å². The minimum absolute atomic E-state index is 0.00877. The molecule has 5 heterocycles. The van der Waals surface area contributed by atoms with Crippen molar-refractivity contribution in [2.45, 2.75) is 193 Å². The van der Waals surface area contributed by atoms with E-state index < -0.39 is 70.7 Å². The number of carboxylic acid groups (broad SMARTS) is 1. The van der Waals surface area contributed by atoms with Crippen LogP contribution in [0.1, 0.15) is 133 Å². The van der Waals surface area contributed by atoms with Crippen molar-refractivity contribution in [2.24, 2.45) is 41.4 Å². The molecule has 17 atom stereocenters. The van der Waals surface area contributed by atoms with E-state index in [2.05, 4.69) is 13.8 Å². The first-order valence-electron chi connectivity index (χ1n) is 20.6. The van der Waals surface area contributed by atoms with Gasteiger partial charge in [0.1, 0.15) is 5.78 Å². The molecule has 3 N–H and O–H groups in total. The molecule has 0 radical (unpaired) electrons. The standard InChI is InChI=1S/C42H68O11/c1-11-29(38(46)47)31-15-14-23(4)36(50-31)27(8)34(44)26(7)35(45)30(12-2)37-24(5)22-25(6)41(51-37)19-16-32(43)42(53-41)21-20-39(10,52-42)33-17-18-40(48,13-3)28(9)49-33/h16,19,23-31,33-34,36-37,44,48H,11-15,17-18,20-22H2,1-10H3,(H,46,47)/t23-,24-,25+,26-,27-,28-,29?,30-,31+,33+,34+,36+,37-,39-,40+,41-,42-/m0/s1. The summed E-state index contributed by atoms with van der Waals surface area (Å²) in [6, 6.07) is 0. The number of hydrogen-bond donors (Lipinski definition) is 3. The Morgan fingerprint density at radius 1 is 0.906 bits per heavy atom. The van der Waals surface area contributed by atoms with Crippen molar-refractivity contribution in [2.75, 3.05) is 0 Å². The van der Waals surface area contributed by atoms with E-state index in [1.165, 1.54) is 6.08 Å². The van der Waals surface area contributed by atoms with Gasteiger partial charge in [-0.1, -0.05) is 55.4 Å². The lowest BCUT2D eigenvalue weighted by Gasteiger charge is -2.53. The molecular formula is C42H68O11. The van der Waals surface area contributed by atoms with Crippen molar-refractivity contribution in [1.29, 1.82) is 0 Å². The van der Waals surface area contributed by atoms with Gasteiger partial charge in [-0.2, -0.15) is 0 Å². The fourth-order valence-electron chi connectivity index (χ4n) is 10.4. The molecular weight excluding hydrogens is 680 g/mol. The van der Waals surface area contributed by atoms with Crippen LogP contribution in [0.5, 0.6) is 0 Å². The van der Waals surface area contributed by atoms with Crippen molar-refractivity contribution in [3.63, 3.8) is 0 Å². The van der Waals surface area contributed by atoms with Crippen LogP contribution in [0, 0.1) is 41.4 Å². The number of rotatable bonds is 12. The maximum Gasteiger partial charge on any atom is 0.309 e. The average Bonchev–Trinajstić information content (AvgIpc) is 3.47. The molecule has 11 heteroatoms. The summed E-state index contributed by atoms with van der Waals surface area (Å²) >= 11 is 0. The SMILES string of the molecule is CCC(C(=O)O)[C@H]1CC[C@H](C)[C@H]([C@@H](C)[C@H](O)[C@H](C)C(=O)[C@H](CC)[C@H]2O[C@]3(C=CC(=O)[C@]4(CC[C@@](C)([C@H]5CC[C@](O)(CC)[C@H](C)O5)O4)O3)[C@H](C)C[C@@H]2C)O1. The van der Waals surface area contributed by atoms with Crippen molar-refractivity contribution in [1.82, 2.24) is 0 Å². The van der Waals surface area contributed by atoms with Crippen LogP contribution in [0.3, 0.4) is 0 Å². The van der Waals surface area contributed by atoms with Crippen LogP contribution in [0.15, 0.2) is 12.2 Å². The topological polar surface area (TPSA) is 158 Å². The average molecular weight is 749 g/mol. The largest absolute Gasteiger partial charge is 0.481 e. The Bertz CT molecular complexity index is 1370. The molecule has 53 heavy (non-hydrogen) atoms. The zero-order valence-electron chi connectivity index (χ0n) is 33.8. The smallest absolute Gasteiger partial charge is 0.309 e. The lowest BCUT2D eigenvalue weighted by Crippen LogP contribution is -2.62. The number of Topliss-reactive ketones (excluding diaryl/α,β-unsaturated/α-hetero) is 1. The number of aliphatic hydroxyl groups excluding tert-OH is 1. The van der Waals surface area contributed by atoms with Crippen molar-refractivity contribution in [3.05, 3.63) is 12.2 Å². The Kier molecular flexibility index (Phi) is 12.8. The zero-order valence-corrected chi connectivity index (χ0v) is 33.8.